The molecule has 218 valence electrons. The first kappa shape index (κ1) is 34.5. The van der Waals surface area contributed by atoms with Gasteiger partial charge < -0.3 is 20.9 Å². The van der Waals surface area contributed by atoms with Crippen molar-refractivity contribution in [2.75, 3.05) is 38.2 Å². The summed E-state index contributed by atoms with van der Waals surface area (Å²) in [5, 5.41) is 13.0. The van der Waals surface area contributed by atoms with Crippen LogP contribution in [0.3, 0.4) is 0 Å². The standard InChI is InChI=1S/C21H19F3N6OS.C4H9N.C4H6/c1-31-16-8-6-15(7-9-16)27-12-28-20-29-19(32-2)17(11-25)18(30(20)26)13-4-3-5-14(10-13)21(22,23)24;1-3-4-5-2;1-3-4-2/h3-10,27H,12,26H2,1-2H3;4H,3H2,1-2H3;3-4H,1-2H2/b28-20-;;. The number of aliphatic imine (C=N–C) groups is 1. The maximum atomic E-state index is 13.2. The molecule has 3 aromatic rings. The zero-order valence-corrected chi connectivity index (χ0v) is 24.3. The minimum atomic E-state index is -4.53. The number of allylic oxidation sites excluding steroid dienone is 2. The first-order valence-electron chi connectivity index (χ1n) is 12.2. The number of ether oxygens (including phenoxy) is 1. The lowest BCUT2D eigenvalue weighted by Gasteiger charge is -2.15. The Morgan fingerprint density at radius 1 is 1.20 bits per heavy atom. The van der Waals surface area contributed by atoms with E-state index >= 15 is 0 Å². The number of anilines is 1. The van der Waals surface area contributed by atoms with E-state index in [1.54, 1.807) is 56.8 Å². The zero-order chi connectivity index (χ0) is 30.8. The maximum absolute atomic E-state index is 13.2. The van der Waals surface area contributed by atoms with Crippen LogP contribution in [-0.2, 0) is 6.18 Å². The van der Waals surface area contributed by atoms with Crippen molar-refractivity contribution in [2.45, 2.75) is 24.5 Å². The first-order chi connectivity index (χ1) is 19.6. The highest BCUT2D eigenvalue weighted by molar-refractivity contribution is 7.98. The number of thioether (sulfide) groups is 1. The van der Waals surface area contributed by atoms with E-state index in [-0.39, 0.29) is 29.1 Å². The second-order valence-electron chi connectivity index (χ2n) is 7.75. The largest absolute Gasteiger partial charge is 0.497 e. The van der Waals surface area contributed by atoms with E-state index in [2.05, 4.69) is 40.4 Å². The topological polar surface area (TPSA) is 114 Å². The van der Waals surface area contributed by atoms with Crippen molar-refractivity contribution in [3.05, 3.63) is 90.6 Å². The van der Waals surface area contributed by atoms with E-state index < -0.39 is 11.7 Å². The molecule has 0 unspecified atom stereocenters. The third kappa shape index (κ3) is 10.9. The maximum Gasteiger partial charge on any atom is 0.416 e. The van der Waals surface area contributed by atoms with Crippen molar-refractivity contribution in [3.8, 4) is 23.1 Å². The van der Waals surface area contributed by atoms with E-state index in [0.717, 1.165) is 28.9 Å². The Morgan fingerprint density at radius 2 is 1.85 bits per heavy atom. The highest BCUT2D eigenvalue weighted by atomic mass is 32.2. The Bertz CT molecular complexity index is 1400. The summed E-state index contributed by atoms with van der Waals surface area (Å²) in [6.45, 7) is 8.88. The molecule has 0 bridgehead atoms. The molecule has 0 aliphatic carbocycles. The summed E-state index contributed by atoms with van der Waals surface area (Å²) in [6.07, 6.45) is 3.38. The average molecular weight is 586 g/mol. The van der Waals surface area contributed by atoms with Gasteiger partial charge in [-0.3, -0.25) is 0 Å². The quantitative estimate of drug-likeness (QED) is 0.105. The fourth-order valence-corrected chi connectivity index (χ4v) is 3.62. The van der Waals surface area contributed by atoms with Crippen LogP contribution in [-0.4, -0.2) is 43.0 Å². The second-order valence-corrected chi connectivity index (χ2v) is 8.54. The van der Waals surface area contributed by atoms with Gasteiger partial charge in [0.05, 0.1) is 18.4 Å². The van der Waals surface area contributed by atoms with Crippen molar-refractivity contribution in [1.29, 1.82) is 5.26 Å². The predicted molar refractivity (Wildman–Crippen MR) is 161 cm³/mol. The zero-order valence-electron chi connectivity index (χ0n) is 23.4. The number of hydrogen-bond donors (Lipinski definition) is 2. The summed E-state index contributed by atoms with van der Waals surface area (Å²) in [5.41, 5.74) is 0.288. The number of methoxy groups -OCH3 is 1. The van der Waals surface area contributed by atoms with Gasteiger partial charge in [0.1, 0.15) is 29.1 Å². The summed E-state index contributed by atoms with van der Waals surface area (Å²) in [6, 6.07) is 13.8. The van der Waals surface area contributed by atoms with E-state index in [9.17, 15) is 18.4 Å². The number of nitrogens with zero attached hydrogens (tertiary/aromatic N) is 5. The van der Waals surface area contributed by atoms with Gasteiger partial charge >= 0.3 is 6.18 Å². The third-order valence-electron chi connectivity index (χ3n) is 5.00. The van der Waals surface area contributed by atoms with Crippen molar-refractivity contribution in [3.63, 3.8) is 0 Å². The van der Waals surface area contributed by atoms with E-state index in [1.165, 1.54) is 23.9 Å². The number of aromatic nitrogens is 2. The number of nitrogens with two attached hydrogens (primary N) is 1. The Balaban J connectivity index is 0.000000814. The Labute approximate surface area is 242 Å². The molecule has 12 heteroatoms. The molecule has 0 atom stereocenters. The molecule has 0 saturated carbocycles. The number of nitriles is 1. The molecule has 41 heavy (non-hydrogen) atoms. The van der Waals surface area contributed by atoms with Crippen LogP contribution in [0.25, 0.3) is 11.3 Å². The van der Waals surface area contributed by atoms with Crippen LogP contribution in [0.1, 0.15) is 24.5 Å². The Morgan fingerprint density at radius 3 is 2.32 bits per heavy atom. The molecular formula is C29H34F3N7OS. The van der Waals surface area contributed by atoms with Crippen molar-refractivity contribution < 1.29 is 17.9 Å². The van der Waals surface area contributed by atoms with E-state index in [1.807, 2.05) is 12.3 Å². The lowest BCUT2D eigenvalue weighted by molar-refractivity contribution is -0.137. The highest BCUT2D eigenvalue weighted by Gasteiger charge is 2.31. The number of alkyl halides is 3. The third-order valence-corrected chi connectivity index (χ3v) is 5.68. The fraction of sp³-hybridized carbons (Fsp3) is 0.241. The molecule has 0 radical (unpaired) electrons. The van der Waals surface area contributed by atoms with Gasteiger partial charge in [-0.15, -0.1) is 11.8 Å². The van der Waals surface area contributed by atoms with Gasteiger partial charge in [-0.05, 0) is 55.3 Å². The summed E-state index contributed by atoms with van der Waals surface area (Å²) >= 11 is 1.18. The lowest BCUT2D eigenvalue weighted by Crippen LogP contribution is -2.34. The molecule has 0 saturated heterocycles. The molecule has 0 spiro atoms. The number of nitrogen functional groups attached to an aromatic ring is 1. The Hall–Kier alpha value is -4.50. The molecule has 0 amide bonds. The summed E-state index contributed by atoms with van der Waals surface area (Å²) in [7, 11) is 3.35. The molecule has 8 nitrogen and oxygen atoms in total. The van der Waals surface area contributed by atoms with Gasteiger partial charge in [0.15, 0.2) is 0 Å². The van der Waals surface area contributed by atoms with Crippen LogP contribution in [0, 0.1) is 11.3 Å². The van der Waals surface area contributed by atoms with Gasteiger partial charge in [-0.25, -0.2) is 14.7 Å². The monoisotopic (exact) mass is 585 g/mol. The van der Waals surface area contributed by atoms with Crippen LogP contribution in [0.5, 0.6) is 5.75 Å². The molecule has 3 N–H and O–H groups in total. The van der Waals surface area contributed by atoms with Gasteiger partial charge in [0.2, 0.25) is 5.62 Å². The number of benzene rings is 2. The lowest BCUT2D eigenvalue weighted by atomic mass is 10.0. The molecular weight excluding hydrogens is 551 g/mol. The number of rotatable bonds is 8. The highest BCUT2D eigenvalue weighted by Crippen LogP contribution is 2.33. The normalized spacial score (nSPS) is 10.9. The van der Waals surface area contributed by atoms with Gasteiger partial charge in [-0.2, -0.15) is 18.4 Å². The minimum Gasteiger partial charge on any atom is -0.497 e. The fourth-order valence-electron chi connectivity index (χ4n) is 3.10. The Kier molecular flexibility index (Phi) is 15.1. The smallest absolute Gasteiger partial charge is 0.416 e. The molecule has 0 aliphatic heterocycles. The van der Waals surface area contributed by atoms with Crippen molar-refractivity contribution >= 4 is 23.7 Å². The van der Waals surface area contributed by atoms with Crippen LogP contribution in [0.15, 0.2) is 88.9 Å². The summed E-state index contributed by atoms with van der Waals surface area (Å²) in [4.78, 5) is 12.4. The van der Waals surface area contributed by atoms with Crippen LogP contribution in [0.2, 0.25) is 0 Å². The minimum absolute atomic E-state index is 0.0572. The first-order valence-corrected chi connectivity index (χ1v) is 13.4. The number of hydrogen-bond acceptors (Lipinski definition) is 8. The van der Waals surface area contributed by atoms with Crippen LogP contribution < -0.4 is 21.5 Å². The summed E-state index contributed by atoms with van der Waals surface area (Å²) in [5.74, 6) is 6.87. The van der Waals surface area contributed by atoms with Crippen LogP contribution >= 0.6 is 11.8 Å². The molecule has 1 aromatic heterocycles. The van der Waals surface area contributed by atoms with Gasteiger partial charge in [0, 0.05) is 18.3 Å². The molecule has 1 heterocycles. The molecule has 0 fully saturated rings. The van der Waals surface area contributed by atoms with Crippen LogP contribution in [0.4, 0.5) is 18.9 Å². The number of halogens is 3. The van der Waals surface area contributed by atoms with Gasteiger partial charge in [-0.1, -0.05) is 44.4 Å². The van der Waals surface area contributed by atoms with E-state index in [4.69, 9.17) is 10.6 Å². The van der Waals surface area contributed by atoms with Crippen molar-refractivity contribution in [1.82, 2.24) is 9.66 Å². The molecule has 2 aromatic carbocycles. The molecule has 0 aliphatic rings. The number of nitrogens with one attached hydrogen (secondary N) is 1. The van der Waals surface area contributed by atoms with Crippen molar-refractivity contribution in [2.24, 2.45) is 9.98 Å². The molecule has 3 rings (SSSR count). The second kappa shape index (κ2) is 18.0. The van der Waals surface area contributed by atoms with Gasteiger partial charge in [0.25, 0.3) is 0 Å². The predicted octanol–water partition coefficient (Wildman–Crippen LogP) is 6.31. The SMILES string of the molecule is C=CC=C.CCC=NC.COc1ccc(NC/N=c2/nc(SC)c(C#N)c(-c3cccc(C(F)(F)F)c3)n2N)cc1. The van der Waals surface area contributed by atoms with E-state index in [0.29, 0.717) is 10.8 Å². The summed E-state index contributed by atoms with van der Waals surface area (Å²) < 4.78 is 45.8. The average Bonchev–Trinajstić information content (AvgIpc) is 2.98.